The second-order valence-corrected chi connectivity index (χ2v) is 6.33. The fourth-order valence-corrected chi connectivity index (χ4v) is 2.98. The topological polar surface area (TPSA) is 114 Å². The summed E-state index contributed by atoms with van der Waals surface area (Å²) in [4.78, 5) is 22.0. The zero-order valence-electron chi connectivity index (χ0n) is 14.0. The molecule has 8 nitrogen and oxygen atoms in total. The van der Waals surface area contributed by atoms with Crippen LogP contribution in [-0.2, 0) is 4.79 Å². The molecule has 0 radical (unpaired) electrons. The Hall–Kier alpha value is -2.94. The zero-order valence-corrected chi connectivity index (χ0v) is 15.6. The van der Waals surface area contributed by atoms with Gasteiger partial charge in [-0.15, -0.1) is 0 Å². The highest BCUT2D eigenvalue weighted by Crippen LogP contribution is 2.30. The van der Waals surface area contributed by atoms with E-state index in [4.69, 9.17) is 4.74 Å². The lowest BCUT2D eigenvalue weighted by Gasteiger charge is -2.11. The van der Waals surface area contributed by atoms with Crippen LogP contribution in [0.4, 0.5) is 5.69 Å². The highest BCUT2D eigenvalue weighted by molar-refractivity contribution is 9.10. The molecule has 0 aliphatic carbocycles. The summed E-state index contributed by atoms with van der Waals surface area (Å²) in [6, 6.07) is 7.31. The van der Waals surface area contributed by atoms with Crippen molar-refractivity contribution < 1.29 is 19.6 Å². The normalized spacial score (nSPS) is 10.7. The SMILES string of the molecule is Cc1cc(C)c(OCC(=O)N/N=C\c2cc([N+](=O)[O-])ccc2O)c(Br)c1. The van der Waals surface area contributed by atoms with E-state index in [0.29, 0.717) is 5.75 Å². The molecule has 0 fully saturated rings. The Morgan fingerprint density at radius 2 is 2.12 bits per heavy atom. The number of aryl methyl sites for hydroxylation is 2. The lowest BCUT2D eigenvalue weighted by Crippen LogP contribution is -2.24. The smallest absolute Gasteiger partial charge is 0.277 e. The first kappa shape index (κ1) is 19.4. The first-order valence-electron chi connectivity index (χ1n) is 7.47. The lowest BCUT2D eigenvalue weighted by molar-refractivity contribution is -0.384. The minimum absolute atomic E-state index is 0.109. The summed E-state index contributed by atoms with van der Waals surface area (Å²) < 4.78 is 6.23. The molecule has 1 amide bonds. The predicted octanol–water partition coefficient (Wildman–Crippen LogP) is 3.21. The van der Waals surface area contributed by atoms with Gasteiger partial charge < -0.3 is 9.84 Å². The number of benzene rings is 2. The molecular formula is C17H16BrN3O5. The number of nitrogens with zero attached hydrogens (tertiary/aromatic N) is 2. The van der Waals surface area contributed by atoms with Gasteiger partial charge in [-0.2, -0.15) is 5.10 Å². The molecule has 2 aromatic carbocycles. The second-order valence-electron chi connectivity index (χ2n) is 5.47. The Morgan fingerprint density at radius 3 is 2.77 bits per heavy atom. The van der Waals surface area contributed by atoms with Crippen molar-refractivity contribution in [2.45, 2.75) is 13.8 Å². The molecule has 26 heavy (non-hydrogen) atoms. The predicted molar refractivity (Wildman–Crippen MR) is 99.6 cm³/mol. The van der Waals surface area contributed by atoms with E-state index in [0.717, 1.165) is 27.9 Å². The van der Waals surface area contributed by atoms with E-state index in [1.54, 1.807) is 0 Å². The van der Waals surface area contributed by atoms with Crippen molar-refractivity contribution in [3.05, 3.63) is 61.6 Å². The number of hydrogen-bond acceptors (Lipinski definition) is 6. The number of carbonyl (C=O) groups is 1. The molecular weight excluding hydrogens is 406 g/mol. The average Bonchev–Trinajstić information content (AvgIpc) is 2.55. The van der Waals surface area contributed by atoms with Crippen molar-refractivity contribution in [2.24, 2.45) is 5.10 Å². The van der Waals surface area contributed by atoms with Crippen LogP contribution < -0.4 is 10.2 Å². The van der Waals surface area contributed by atoms with Gasteiger partial charge in [-0.1, -0.05) is 6.07 Å². The summed E-state index contributed by atoms with van der Waals surface area (Å²) in [6.45, 7) is 3.56. The minimum Gasteiger partial charge on any atom is -0.507 e. The van der Waals surface area contributed by atoms with Gasteiger partial charge in [-0.25, -0.2) is 5.43 Å². The number of ether oxygens (including phenoxy) is 1. The van der Waals surface area contributed by atoms with Gasteiger partial charge in [0.05, 0.1) is 15.6 Å². The number of non-ortho nitro benzene ring substituents is 1. The Kier molecular flexibility index (Phi) is 6.29. The van der Waals surface area contributed by atoms with E-state index in [1.807, 2.05) is 26.0 Å². The molecule has 0 saturated carbocycles. The third-order valence-corrected chi connectivity index (χ3v) is 3.93. The van der Waals surface area contributed by atoms with Crippen LogP contribution in [0.25, 0.3) is 0 Å². The first-order valence-corrected chi connectivity index (χ1v) is 8.26. The Labute approximate surface area is 157 Å². The number of halogens is 1. The number of nitrogens with one attached hydrogen (secondary N) is 1. The van der Waals surface area contributed by atoms with E-state index >= 15 is 0 Å². The molecule has 0 heterocycles. The van der Waals surface area contributed by atoms with E-state index in [9.17, 15) is 20.0 Å². The van der Waals surface area contributed by atoms with E-state index in [-0.39, 0.29) is 23.6 Å². The van der Waals surface area contributed by atoms with Crippen LogP contribution in [0, 0.1) is 24.0 Å². The van der Waals surface area contributed by atoms with Crippen LogP contribution in [-0.4, -0.2) is 28.8 Å². The molecule has 0 atom stereocenters. The van der Waals surface area contributed by atoms with Crippen molar-refractivity contribution in [2.75, 3.05) is 6.61 Å². The standard InChI is InChI=1S/C17H16BrN3O5/c1-10-5-11(2)17(14(18)6-10)26-9-16(23)20-19-8-12-7-13(21(24)25)3-4-15(12)22/h3-8,22H,9H2,1-2H3,(H,20,23)/b19-8-. The van der Waals surface area contributed by atoms with E-state index in [2.05, 4.69) is 26.5 Å². The number of hydrogen-bond donors (Lipinski definition) is 2. The fourth-order valence-electron chi connectivity index (χ4n) is 2.19. The molecule has 2 N–H and O–H groups in total. The van der Waals surface area contributed by atoms with Gasteiger partial charge in [0.2, 0.25) is 0 Å². The van der Waals surface area contributed by atoms with Crippen LogP contribution in [0.5, 0.6) is 11.5 Å². The van der Waals surface area contributed by atoms with E-state index in [1.165, 1.54) is 12.1 Å². The summed E-state index contributed by atoms with van der Waals surface area (Å²) in [6.07, 6.45) is 1.12. The van der Waals surface area contributed by atoms with Crippen LogP contribution in [0.2, 0.25) is 0 Å². The molecule has 2 aromatic rings. The van der Waals surface area contributed by atoms with Crippen molar-refractivity contribution in [3.8, 4) is 11.5 Å². The maximum absolute atomic E-state index is 11.8. The maximum Gasteiger partial charge on any atom is 0.277 e. The van der Waals surface area contributed by atoms with Crippen LogP contribution >= 0.6 is 15.9 Å². The molecule has 9 heteroatoms. The van der Waals surface area contributed by atoms with Gasteiger partial charge >= 0.3 is 0 Å². The van der Waals surface area contributed by atoms with Crippen LogP contribution in [0.15, 0.2) is 39.9 Å². The number of phenols is 1. The van der Waals surface area contributed by atoms with Gasteiger partial charge in [0.25, 0.3) is 11.6 Å². The van der Waals surface area contributed by atoms with Crippen LogP contribution in [0.3, 0.4) is 0 Å². The van der Waals surface area contributed by atoms with Crippen molar-refractivity contribution in [1.29, 1.82) is 0 Å². The molecule has 0 spiro atoms. The number of carbonyl (C=O) groups excluding carboxylic acids is 1. The highest BCUT2D eigenvalue weighted by Gasteiger charge is 2.10. The Bertz CT molecular complexity index is 860. The second kappa shape index (κ2) is 8.43. The van der Waals surface area contributed by atoms with Gasteiger partial charge in [0.15, 0.2) is 6.61 Å². The molecule has 0 bridgehead atoms. The zero-order chi connectivity index (χ0) is 19.3. The number of phenolic OH excluding ortho intramolecular Hbond substituents is 1. The first-order chi connectivity index (χ1) is 12.3. The monoisotopic (exact) mass is 421 g/mol. The molecule has 0 aliphatic heterocycles. The summed E-state index contributed by atoms with van der Waals surface area (Å²) in [5.74, 6) is -0.145. The number of aromatic hydroxyl groups is 1. The largest absolute Gasteiger partial charge is 0.507 e. The summed E-state index contributed by atoms with van der Waals surface area (Å²) in [5, 5.41) is 24.1. The Balaban J connectivity index is 1.96. The molecule has 0 aliphatic rings. The maximum atomic E-state index is 11.8. The molecule has 0 aromatic heterocycles. The number of amides is 1. The quantitative estimate of drug-likeness (QED) is 0.422. The number of nitro benzene ring substituents is 1. The number of hydrazone groups is 1. The van der Waals surface area contributed by atoms with Crippen molar-refractivity contribution in [3.63, 3.8) is 0 Å². The van der Waals surface area contributed by atoms with Crippen molar-refractivity contribution >= 4 is 33.7 Å². The van der Waals surface area contributed by atoms with Gasteiger partial charge in [-0.3, -0.25) is 14.9 Å². The minimum atomic E-state index is -0.592. The van der Waals surface area contributed by atoms with Gasteiger partial charge in [0, 0.05) is 17.7 Å². The third-order valence-electron chi connectivity index (χ3n) is 3.34. The van der Waals surface area contributed by atoms with Gasteiger partial charge in [-0.05, 0) is 53.0 Å². The molecule has 136 valence electrons. The van der Waals surface area contributed by atoms with Crippen LogP contribution in [0.1, 0.15) is 16.7 Å². The summed E-state index contributed by atoms with van der Waals surface area (Å²) in [7, 11) is 0. The molecule has 0 saturated heterocycles. The molecule has 2 rings (SSSR count). The van der Waals surface area contributed by atoms with Crippen molar-refractivity contribution in [1.82, 2.24) is 5.43 Å². The molecule has 0 unspecified atom stereocenters. The Morgan fingerprint density at radius 1 is 1.38 bits per heavy atom. The van der Waals surface area contributed by atoms with Gasteiger partial charge in [0.1, 0.15) is 11.5 Å². The summed E-state index contributed by atoms with van der Waals surface area (Å²) in [5.41, 5.74) is 4.10. The summed E-state index contributed by atoms with van der Waals surface area (Å²) >= 11 is 3.39. The van der Waals surface area contributed by atoms with E-state index < -0.39 is 10.8 Å². The highest BCUT2D eigenvalue weighted by atomic mass is 79.9. The lowest BCUT2D eigenvalue weighted by atomic mass is 10.1. The average molecular weight is 422 g/mol. The number of nitro groups is 1. The fraction of sp³-hybridized carbons (Fsp3) is 0.176. The third kappa shape index (κ3) is 5.03. The number of rotatable bonds is 6.